The van der Waals surface area contributed by atoms with Gasteiger partial charge in [-0.3, -0.25) is 0 Å². The first-order chi connectivity index (χ1) is 16.6. The van der Waals surface area contributed by atoms with Crippen molar-refractivity contribution in [2.24, 2.45) is 0 Å². The Labute approximate surface area is 199 Å². The maximum absolute atomic E-state index is 4.66. The second kappa shape index (κ2) is 8.90. The van der Waals surface area contributed by atoms with E-state index in [1.54, 1.807) is 0 Å². The molecule has 0 aliphatic rings. The van der Waals surface area contributed by atoms with E-state index < -0.39 is 0 Å². The summed E-state index contributed by atoms with van der Waals surface area (Å²) in [5, 5.41) is 0. The number of aromatic nitrogens is 6. The molecule has 0 radical (unpaired) electrons. The summed E-state index contributed by atoms with van der Waals surface area (Å²) in [6.07, 6.45) is 13.9. The lowest BCUT2D eigenvalue weighted by Gasteiger charge is -2.12. The molecule has 0 fully saturated rings. The number of pyridine rings is 2. The van der Waals surface area contributed by atoms with Gasteiger partial charge in [0.2, 0.25) is 5.82 Å². The van der Waals surface area contributed by atoms with E-state index in [2.05, 4.69) is 92.5 Å². The van der Waals surface area contributed by atoms with Crippen LogP contribution in [0.1, 0.15) is 16.7 Å². The summed E-state index contributed by atoms with van der Waals surface area (Å²) in [6, 6.07) is 16.4. The number of allylic oxidation sites excluding steroid dienone is 1. The van der Waals surface area contributed by atoms with Crippen molar-refractivity contribution in [1.29, 1.82) is 0 Å². The monoisotopic (exact) mass is 448 g/mol. The topological polar surface area (TPSA) is 43.4 Å². The van der Waals surface area contributed by atoms with Crippen molar-refractivity contribution in [3.05, 3.63) is 115 Å². The molecule has 0 aliphatic carbocycles. The summed E-state index contributed by atoms with van der Waals surface area (Å²) in [4.78, 5) is 9.29. The van der Waals surface area contributed by atoms with Crippen molar-refractivity contribution in [2.45, 2.75) is 27.3 Å². The lowest BCUT2D eigenvalue weighted by Crippen LogP contribution is -2.41. The molecule has 5 rings (SSSR count). The van der Waals surface area contributed by atoms with Gasteiger partial charge in [-0.25, -0.2) is 14.1 Å². The van der Waals surface area contributed by atoms with Crippen LogP contribution in [0.4, 0.5) is 0 Å². The van der Waals surface area contributed by atoms with Crippen molar-refractivity contribution < 1.29 is 9.13 Å². The Bertz CT molecular complexity index is 1440. The van der Waals surface area contributed by atoms with Crippen LogP contribution in [-0.4, -0.2) is 19.1 Å². The summed E-state index contributed by atoms with van der Waals surface area (Å²) >= 11 is 0. The molecule has 5 aromatic rings. The maximum atomic E-state index is 4.66. The van der Waals surface area contributed by atoms with Gasteiger partial charge in [-0.2, -0.15) is 9.13 Å². The quantitative estimate of drug-likeness (QED) is 0.285. The van der Waals surface area contributed by atoms with Crippen LogP contribution in [0, 0.1) is 20.8 Å². The molecule has 0 bridgehead atoms. The molecule has 0 N–H and O–H groups in total. The molecular formula is C28H28N6+2. The first-order valence-corrected chi connectivity index (χ1v) is 11.3. The fourth-order valence-corrected chi connectivity index (χ4v) is 4.65. The van der Waals surface area contributed by atoms with Gasteiger partial charge in [-0.15, -0.1) is 4.98 Å². The summed E-state index contributed by atoms with van der Waals surface area (Å²) in [6.45, 7) is 11.1. The normalized spacial score (nSPS) is 11.0. The molecule has 0 unspecified atom stereocenters. The van der Waals surface area contributed by atoms with E-state index in [9.17, 15) is 0 Å². The van der Waals surface area contributed by atoms with E-state index in [-0.39, 0.29) is 0 Å². The Morgan fingerprint density at radius 1 is 0.853 bits per heavy atom. The van der Waals surface area contributed by atoms with Gasteiger partial charge in [0.05, 0.1) is 0 Å². The third-order valence-electron chi connectivity index (χ3n) is 5.91. The van der Waals surface area contributed by atoms with Crippen LogP contribution in [0.25, 0.3) is 29.0 Å². The second-order valence-electron chi connectivity index (χ2n) is 8.42. The van der Waals surface area contributed by atoms with Crippen molar-refractivity contribution in [1.82, 2.24) is 19.1 Å². The molecule has 0 amide bonds. The molecule has 4 aromatic heterocycles. The number of benzene rings is 1. The third kappa shape index (κ3) is 3.73. The Morgan fingerprint density at radius 2 is 1.56 bits per heavy atom. The minimum absolute atomic E-state index is 0.661. The summed E-state index contributed by atoms with van der Waals surface area (Å²) in [5.41, 5.74) is 4.85. The Hall–Kier alpha value is -4.32. The minimum Gasteiger partial charge on any atom is -0.222 e. The zero-order chi connectivity index (χ0) is 23.7. The van der Waals surface area contributed by atoms with E-state index in [0.29, 0.717) is 6.54 Å². The predicted octanol–water partition coefficient (Wildman–Crippen LogP) is 4.40. The number of nitrogens with zero attached hydrogens (tertiary/aromatic N) is 6. The molecule has 4 heterocycles. The molecule has 0 spiro atoms. The second-order valence-corrected chi connectivity index (χ2v) is 8.42. The molecule has 6 heteroatoms. The van der Waals surface area contributed by atoms with Crippen LogP contribution >= 0.6 is 0 Å². The molecule has 1 aromatic carbocycles. The third-order valence-corrected chi connectivity index (χ3v) is 5.91. The molecule has 34 heavy (non-hydrogen) atoms. The highest BCUT2D eigenvalue weighted by Crippen LogP contribution is 2.27. The highest BCUT2D eigenvalue weighted by atomic mass is 15.3. The molecule has 168 valence electrons. The van der Waals surface area contributed by atoms with Gasteiger partial charge in [0, 0.05) is 18.3 Å². The fourth-order valence-electron chi connectivity index (χ4n) is 4.65. The Kier molecular flexibility index (Phi) is 5.64. The summed E-state index contributed by atoms with van der Waals surface area (Å²) < 4.78 is 8.69. The molecule has 0 saturated heterocycles. The largest absolute Gasteiger partial charge is 0.363 e. The minimum atomic E-state index is 0.661. The Morgan fingerprint density at radius 3 is 2.21 bits per heavy atom. The number of imidazole rings is 2. The molecule has 0 aliphatic heterocycles. The van der Waals surface area contributed by atoms with Gasteiger partial charge in [-0.1, -0.05) is 42.5 Å². The van der Waals surface area contributed by atoms with E-state index in [1.807, 2.05) is 54.9 Å². The SMILES string of the molecule is C=CC[n+]1ccn(-c2ccccn2)c1-c1n(-c2c(C)cc(C)cc2C)cc[n+]1-c1ccccn1. The molecule has 0 atom stereocenters. The van der Waals surface area contributed by atoms with Crippen molar-refractivity contribution in [3.8, 4) is 29.0 Å². The number of rotatable bonds is 6. The maximum Gasteiger partial charge on any atom is 0.363 e. The van der Waals surface area contributed by atoms with Crippen LogP contribution in [0.15, 0.2) is 98.4 Å². The van der Waals surface area contributed by atoms with Crippen LogP contribution in [0.2, 0.25) is 0 Å². The lowest BCUT2D eigenvalue weighted by atomic mass is 10.0. The summed E-state index contributed by atoms with van der Waals surface area (Å²) in [5.74, 6) is 3.65. The van der Waals surface area contributed by atoms with E-state index >= 15 is 0 Å². The summed E-state index contributed by atoms with van der Waals surface area (Å²) in [7, 11) is 0. The lowest BCUT2D eigenvalue weighted by molar-refractivity contribution is -0.684. The van der Waals surface area contributed by atoms with Crippen LogP contribution < -0.4 is 9.13 Å². The number of hydrogen-bond acceptors (Lipinski definition) is 2. The van der Waals surface area contributed by atoms with Crippen molar-refractivity contribution in [2.75, 3.05) is 0 Å². The highest BCUT2D eigenvalue weighted by molar-refractivity contribution is 5.55. The van der Waals surface area contributed by atoms with Crippen LogP contribution in [0.3, 0.4) is 0 Å². The zero-order valence-electron chi connectivity index (χ0n) is 19.8. The van der Waals surface area contributed by atoms with Crippen molar-refractivity contribution >= 4 is 0 Å². The van der Waals surface area contributed by atoms with E-state index in [4.69, 9.17) is 0 Å². The van der Waals surface area contributed by atoms with Gasteiger partial charge in [0.25, 0.3) is 5.82 Å². The smallest absolute Gasteiger partial charge is 0.222 e. The highest BCUT2D eigenvalue weighted by Gasteiger charge is 2.34. The molecule has 0 saturated carbocycles. The van der Waals surface area contributed by atoms with Crippen LogP contribution in [-0.2, 0) is 6.54 Å². The number of aryl methyl sites for hydroxylation is 3. The number of hydrogen-bond donors (Lipinski definition) is 0. The molecule has 6 nitrogen and oxygen atoms in total. The predicted molar refractivity (Wildman–Crippen MR) is 132 cm³/mol. The average molecular weight is 449 g/mol. The average Bonchev–Trinajstić information content (AvgIpc) is 3.44. The first-order valence-electron chi connectivity index (χ1n) is 11.3. The first kappa shape index (κ1) is 21.5. The van der Waals surface area contributed by atoms with Gasteiger partial charge in [0.15, 0.2) is 0 Å². The standard InChI is InChI=1S/C28H28N6/c1-5-14-31-15-16-32(24-10-6-8-12-29-24)27(31)28-33(25-11-7-9-13-30-25)17-18-34(28)26-22(3)19-21(2)20-23(26)4/h5-13,15-20H,1,14H2,2-4H3/q+2. The van der Waals surface area contributed by atoms with Gasteiger partial charge < -0.3 is 0 Å². The van der Waals surface area contributed by atoms with Crippen molar-refractivity contribution in [3.63, 3.8) is 0 Å². The fraction of sp³-hybridized carbons (Fsp3) is 0.143. The zero-order valence-corrected chi connectivity index (χ0v) is 19.8. The van der Waals surface area contributed by atoms with Gasteiger partial charge >= 0.3 is 11.6 Å². The van der Waals surface area contributed by atoms with Crippen LogP contribution in [0.5, 0.6) is 0 Å². The Balaban J connectivity index is 1.88. The van der Waals surface area contributed by atoms with Gasteiger partial charge in [0.1, 0.15) is 43.2 Å². The molecular weight excluding hydrogens is 420 g/mol. The van der Waals surface area contributed by atoms with Gasteiger partial charge in [-0.05, 0) is 44.0 Å². The van der Waals surface area contributed by atoms with E-state index in [0.717, 1.165) is 29.0 Å². The van der Waals surface area contributed by atoms with E-state index in [1.165, 1.54) is 16.7 Å².